The van der Waals surface area contributed by atoms with Crippen LogP contribution in [0.25, 0.3) is 0 Å². The van der Waals surface area contributed by atoms with Gasteiger partial charge in [-0.25, -0.2) is 0 Å². The highest BCUT2D eigenvalue weighted by Crippen LogP contribution is 2.42. The zero-order valence-electron chi connectivity index (χ0n) is 11.7. The predicted octanol–water partition coefficient (Wildman–Crippen LogP) is 0.949. The Balaban J connectivity index is 1.84. The summed E-state index contributed by atoms with van der Waals surface area (Å²) < 4.78 is 0. The topological polar surface area (TPSA) is 43.8 Å². The third kappa shape index (κ3) is 2.69. The van der Waals surface area contributed by atoms with Crippen molar-refractivity contribution in [2.45, 2.75) is 32.1 Å². The number of rotatable bonds is 4. The van der Waals surface area contributed by atoms with E-state index in [0.29, 0.717) is 5.92 Å². The molecule has 0 aromatic rings. The monoisotopic (exact) mass is 254 g/mol. The number of likely N-dealkylation sites (tertiary alicyclic amines) is 1. The van der Waals surface area contributed by atoms with E-state index >= 15 is 0 Å². The summed E-state index contributed by atoms with van der Waals surface area (Å²) in [6, 6.07) is 0. The van der Waals surface area contributed by atoms with Crippen LogP contribution in [-0.2, 0) is 4.79 Å². The average molecular weight is 254 g/mol. The average Bonchev–Trinajstić information content (AvgIpc) is 2.31. The van der Waals surface area contributed by atoms with E-state index in [2.05, 4.69) is 11.9 Å². The Morgan fingerprint density at radius 3 is 2.44 bits per heavy atom. The fourth-order valence-corrected chi connectivity index (χ4v) is 3.16. The van der Waals surface area contributed by atoms with Gasteiger partial charge in [-0.15, -0.1) is 0 Å². The second-order valence-corrected chi connectivity index (χ2v) is 6.22. The summed E-state index contributed by atoms with van der Waals surface area (Å²) in [5.74, 6) is 0.793. The number of hydrogen-bond acceptors (Lipinski definition) is 3. The lowest BCUT2D eigenvalue weighted by molar-refractivity contribution is -0.150. The fourth-order valence-electron chi connectivity index (χ4n) is 3.16. The van der Waals surface area contributed by atoms with E-state index in [1.807, 2.05) is 11.9 Å². The summed E-state index contributed by atoms with van der Waals surface area (Å²) in [6.07, 6.45) is 5.16. The molecule has 1 amide bonds. The van der Waals surface area contributed by atoms with Gasteiger partial charge in [-0.2, -0.15) is 0 Å². The van der Waals surface area contributed by atoms with Gasteiger partial charge in [0.2, 0.25) is 5.91 Å². The minimum atomic E-state index is -0.430. The maximum Gasteiger partial charge on any atom is 0.230 e. The number of amides is 1. The molecule has 1 aliphatic carbocycles. The van der Waals surface area contributed by atoms with Crippen molar-refractivity contribution in [3.05, 3.63) is 0 Å². The van der Waals surface area contributed by atoms with Crippen molar-refractivity contribution in [3.8, 4) is 0 Å². The van der Waals surface area contributed by atoms with Crippen LogP contribution in [-0.4, -0.2) is 61.2 Å². The molecule has 2 rings (SSSR count). The molecule has 1 saturated carbocycles. The van der Waals surface area contributed by atoms with Crippen LogP contribution in [0.1, 0.15) is 32.1 Å². The summed E-state index contributed by atoms with van der Waals surface area (Å²) in [7, 11) is 4.05. The van der Waals surface area contributed by atoms with E-state index in [1.54, 1.807) is 0 Å². The molecule has 0 atom stereocenters. The second-order valence-electron chi connectivity index (χ2n) is 6.22. The molecule has 1 saturated heterocycles. The molecule has 1 N–H and O–H groups in total. The Bertz CT molecular complexity index is 289. The number of hydrogen-bond donors (Lipinski definition) is 1. The fraction of sp³-hybridized carbons (Fsp3) is 0.929. The first-order chi connectivity index (χ1) is 8.57. The summed E-state index contributed by atoms with van der Waals surface area (Å²) in [4.78, 5) is 16.6. The smallest absolute Gasteiger partial charge is 0.230 e. The minimum absolute atomic E-state index is 0.0174. The Kier molecular flexibility index (Phi) is 4.28. The van der Waals surface area contributed by atoms with Crippen molar-refractivity contribution < 1.29 is 9.90 Å². The molecule has 104 valence electrons. The molecule has 0 aromatic heterocycles. The molecule has 0 aromatic carbocycles. The number of carbonyl (C=O) groups is 1. The first-order valence-corrected chi connectivity index (χ1v) is 7.12. The molecule has 0 bridgehead atoms. The quantitative estimate of drug-likeness (QED) is 0.812. The van der Waals surface area contributed by atoms with Crippen molar-refractivity contribution >= 4 is 5.91 Å². The van der Waals surface area contributed by atoms with Crippen molar-refractivity contribution in [1.29, 1.82) is 0 Å². The van der Waals surface area contributed by atoms with Crippen LogP contribution in [0.2, 0.25) is 0 Å². The highest BCUT2D eigenvalue weighted by molar-refractivity contribution is 5.83. The lowest BCUT2D eigenvalue weighted by Crippen LogP contribution is -2.50. The van der Waals surface area contributed by atoms with Gasteiger partial charge in [-0.1, -0.05) is 6.42 Å². The zero-order chi connectivity index (χ0) is 13.2. The molecule has 2 fully saturated rings. The Morgan fingerprint density at radius 1 is 1.39 bits per heavy atom. The maximum absolute atomic E-state index is 12.4. The van der Waals surface area contributed by atoms with Crippen LogP contribution in [0.4, 0.5) is 0 Å². The third-order valence-electron chi connectivity index (χ3n) is 4.78. The molecule has 2 aliphatic rings. The largest absolute Gasteiger partial charge is 0.395 e. The zero-order valence-corrected chi connectivity index (χ0v) is 11.7. The number of aliphatic hydroxyl groups excluding tert-OH is 1. The van der Waals surface area contributed by atoms with E-state index in [0.717, 1.165) is 38.9 Å². The van der Waals surface area contributed by atoms with Gasteiger partial charge in [0, 0.05) is 13.6 Å². The van der Waals surface area contributed by atoms with Crippen molar-refractivity contribution in [1.82, 2.24) is 9.80 Å². The Labute approximate surface area is 110 Å². The molecule has 0 spiro atoms. The molecule has 4 nitrogen and oxygen atoms in total. The van der Waals surface area contributed by atoms with E-state index in [4.69, 9.17) is 0 Å². The summed E-state index contributed by atoms with van der Waals surface area (Å²) in [6.45, 7) is 3.15. The van der Waals surface area contributed by atoms with Gasteiger partial charge >= 0.3 is 0 Å². The molecule has 18 heavy (non-hydrogen) atoms. The highest BCUT2D eigenvalue weighted by atomic mass is 16.3. The van der Waals surface area contributed by atoms with E-state index in [-0.39, 0.29) is 12.5 Å². The molecular formula is C14H26N2O2. The first kappa shape index (κ1) is 13.8. The van der Waals surface area contributed by atoms with Crippen molar-refractivity contribution in [2.24, 2.45) is 11.3 Å². The molecule has 4 heteroatoms. The van der Waals surface area contributed by atoms with Crippen LogP contribution < -0.4 is 0 Å². The molecule has 0 radical (unpaired) electrons. The van der Waals surface area contributed by atoms with Gasteiger partial charge in [0.15, 0.2) is 0 Å². The van der Waals surface area contributed by atoms with Crippen LogP contribution >= 0.6 is 0 Å². The standard InChI is InChI=1S/C14H26N2O2/c1-15-8-4-12(5-9-15)10-16(2)13(18)14(11-17)6-3-7-14/h12,17H,3-11H2,1-2H3. The summed E-state index contributed by atoms with van der Waals surface area (Å²) in [5.41, 5.74) is -0.430. The predicted molar refractivity (Wildman–Crippen MR) is 71.2 cm³/mol. The molecule has 1 aliphatic heterocycles. The van der Waals surface area contributed by atoms with Crippen molar-refractivity contribution in [3.63, 3.8) is 0 Å². The number of aliphatic hydroxyl groups is 1. The van der Waals surface area contributed by atoms with E-state index in [9.17, 15) is 9.90 Å². The SMILES string of the molecule is CN1CCC(CN(C)C(=O)C2(CO)CCC2)CC1. The third-order valence-corrected chi connectivity index (χ3v) is 4.78. The van der Waals surface area contributed by atoms with Crippen molar-refractivity contribution in [2.75, 3.05) is 40.3 Å². The Hall–Kier alpha value is -0.610. The number of piperidine rings is 1. The minimum Gasteiger partial charge on any atom is -0.395 e. The Morgan fingerprint density at radius 2 is 2.00 bits per heavy atom. The van der Waals surface area contributed by atoms with Gasteiger partial charge in [0.05, 0.1) is 12.0 Å². The highest BCUT2D eigenvalue weighted by Gasteiger charge is 2.45. The van der Waals surface area contributed by atoms with Gasteiger partial charge in [0.25, 0.3) is 0 Å². The number of carbonyl (C=O) groups excluding carboxylic acids is 1. The van der Waals surface area contributed by atoms with E-state index < -0.39 is 5.41 Å². The lowest BCUT2D eigenvalue weighted by Gasteiger charge is -2.42. The van der Waals surface area contributed by atoms with E-state index in [1.165, 1.54) is 12.8 Å². The normalized spacial score (nSPS) is 24.6. The van der Waals surface area contributed by atoms with Gasteiger partial charge < -0.3 is 14.9 Å². The summed E-state index contributed by atoms with van der Waals surface area (Å²) >= 11 is 0. The van der Waals surface area contributed by atoms with Crippen LogP contribution in [0.15, 0.2) is 0 Å². The molecule has 0 unspecified atom stereocenters. The lowest BCUT2D eigenvalue weighted by atomic mass is 9.68. The van der Waals surface area contributed by atoms with Gasteiger partial charge in [0.1, 0.15) is 0 Å². The van der Waals surface area contributed by atoms with Gasteiger partial charge in [-0.3, -0.25) is 4.79 Å². The van der Waals surface area contributed by atoms with Crippen LogP contribution in [0.3, 0.4) is 0 Å². The first-order valence-electron chi connectivity index (χ1n) is 7.12. The second kappa shape index (κ2) is 5.57. The number of nitrogens with zero attached hydrogens (tertiary/aromatic N) is 2. The molecular weight excluding hydrogens is 228 g/mol. The van der Waals surface area contributed by atoms with Crippen LogP contribution in [0.5, 0.6) is 0 Å². The van der Waals surface area contributed by atoms with Gasteiger partial charge in [-0.05, 0) is 51.7 Å². The van der Waals surface area contributed by atoms with Crippen LogP contribution in [0, 0.1) is 11.3 Å². The maximum atomic E-state index is 12.4. The summed E-state index contributed by atoms with van der Waals surface area (Å²) in [5, 5.41) is 9.44. The molecule has 1 heterocycles.